The van der Waals surface area contributed by atoms with E-state index >= 15 is 0 Å². The lowest BCUT2D eigenvalue weighted by Gasteiger charge is -2.14. The summed E-state index contributed by atoms with van der Waals surface area (Å²) in [5, 5.41) is 3.25. The molecule has 1 atom stereocenters. The first-order valence-electron chi connectivity index (χ1n) is 4.44. The molecule has 70 valence electrons. The summed E-state index contributed by atoms with van der Waals surface area (Å²) in [7, 11) is 3.71. The standard InChI is InChI=1S/C10H19NO/c1-4-5-6-7-10(11-2)8-9-12-3/h1,10-11H,5-9H2,2-3H3. The van der Waals surface area contributed by atoms with Gasteiger partial charge in [0, 0.05) is 26.2 Å². The molecule has 0 aliphatic heterocycles. The first-order valence-corrected chi connectivity index (χ1v) is 4.44. The molecule has 0 fully saturated rings. The second-order valence-electron chi connectivity index (χ2n) is 2.86. The van der Waals surface area contributed by atoms with Crippen LogP contribution >= 0.6 is 0 Å². The van der Waals surface area contributed by atoms with Crippen molar-refractivity contribution in [1.29, 1.82) is 0 Å². The highest BCUT2D eigenvalue weighted by molar-refractivity contribution is 4.83. The van der Waals surface area contributed by atoms with Gasteiger partial charge in [0.1, 0.15) is 0 Å². The van der Waals surface area contributed by atoms with Gasteiger partial charge in [0.15, 0.2) is 0 Å². The summed E-state index contributed by atoms with van der Waals surface area (Å²) in [6.45, 7) is 0.821. The summed E-state index contributed by atoms with van der Waals surface area (Å²) in [6, 6.07) is 0.554. The highest BCUT2D eigenvalue weighted by Crippen LogP contribution is 2.03. The average molecular weight is 169 g/mol. The molecule has 1 N–H and O–H groups in total. The van der Waals surface area contributed by atoms with Gasteiger partial charge in [0.2, 0.25) is 0 Å². The molecular formula is C10H19NO. The van der Waals surface area contributed by atoms with Gasteiger partial charge in [-0.05, 0) is 26.3 Å². The molecule has 0 spiro atoms. The van der Waals surface area contributed by atoms with E-state index in [4.69, 9.17) is 11.2 Å². The Hall–Kier alpha value is -0.520. The third-order valence-corrected chi connectivity index (χ3v) is 1.95. The van der Waals surface area contributed by atoms with Crippen molar-refractivity contribution in [2.75, 3.05) is 20.8 Å². The van der Waals surface area contributed by atoms with Crippen LogP contribution in [-0.2, 0) is 4.74 Å². The van der Waals surface area contributed by atoms with Crippen LogP contribution in [0.1, 0.15) is 25.7 Å². The number of rotatable bonds is 7. The fourth-order valence-electron chi connectivity index (χ4n) is 1.14. The van der Waals surface area contributed by atoms with Crippen molar-refractivity contribution >= 4 is 0 Å². The van der Waals surface area contributed by atoms with E-state index in [-0.39, 0.29) is 0 Å². The van der Waals surface area contributed by atoms with E-state index in [9.17, 15) is 0 Å². The second kappa shape index (κ2) is 8.58. The number of nitrogens with one attached hydrogen (secondary N) is 1. The first-order chi connectivity index (χ1) is 5.85. The van der Waals surface area contributed by atoms with E-state index in [1.54, 1.807) is 7.11 Å². The molecule has 0 aromatic rings. The van der Waals surface area contributed by atoms with E-state index in [0.717, 1.165) is 32.3 Å². The fraction of sp³-hybridized carbons (Fsp3) is 0.800. The van der Waals surface area contributed by atoms with Gasteiger partial charge in [0.05, 0.1) is 0 Å². The van der Waals surface area contributed by atoms with Crippen LogP contribution in [-0.4, -0.2) is 26.8 Å². The molecule has 0 saturated carbocycles. The molecule has 0 rings (SSSR count). The Kier molecular flexibility index (Phi) is 8.20. The predicted molar refractivity (Wildman–Crippen MR) is 52.0 cm³/mol. The van der Waals surface area contributed by atoms with E-state index in [2.05, 4.69) is 11.2 Å². The maximum Gasteiger partial charge on any atom is 0.0477 e. The highest BCUT2D eigenvalue weighted by atomic mass is 16.5. The molecule has 0 aromatic carbocycles. The van der Waals surface area contributed by atoms with Gasteiger partial charge in [0.25, 0.3) is 0 Å². The minimum Gasteiger partial charge on any atom is -0.385 e. The summed E-state index contributed by atoms with van der Waals surface area (Å²) in [4.78, 5) is 0. The van der Waals surface area contributed by atoms with Gasteiger partial charge in [-0.3, -0.25) is 0 Å². The summed E-state index contributed by atoms with van der Waals surface area (Å²) in [5.41, 5.74) is 0. The van der Waals surface area contributed by atoms with E-state index in [0.29, 0.717) is 6.04 Å². The van der Waals surface area contributed by atoms with Crippen molar-refractivity contribution in [3.8, 4) is 12.3 Å². The summed E-state index contributed by atoms with van der Waals surface area (Å²) in [5.74, 6) is 2.64. The molecule has 12 heavy (non-hydrogen) atoms. The Morgan fingerprint density at radius 1 is 1.50 bits per heavy atom. The van der Waals surface area contributed by atoms with Crippen molar-refractivity contribution in [3.05, 3.63) is 0 Å². The third-order valence-electron chi connectivity index (χ3n) is 1.95. The van der Waals surface area contributed by atoms with Crippen LogP contribution in [0, 0.1) is 12.3 Å². The van der Waals surface area contributed by atoms with Crippen LogP contribution < -0.4 is 5.32 Å². The van der Waals surface area contributed by atoms with Crippen molar-refractivity contribution in [2.24, 2.45) is 0 Å². The molecule has 0 aliphatic carbocycles. The lowest BCUT2D eigenvalue weighted by Crippen LogP contribution is -2.26. The molecule has 1 unspecified atom stereocenters. The number of ether oxygens (including phenoxy) is 1. The Balaban J connectivity index is 3.34. The normalized spacial score (nSPS) is 12.4. The summed E-state index contributed by atoms with van der Waals surface area (Å²) < 4.78 is 5.00. The number of hydrogen-bond donors (Lipinski definition) is 1. The van der Waals surface area contributed by atoms with Gasteiger partial charge in [-0.15, -0.1) is 12.3 Å². The third kappa shape index (κ3) is 6.21. The maximum atomic E-state index is 5.16. The van der Waals surface area contributed by atoms with Crippen molar-refractivity contribution < 1.29 is 4.74 Å². The zero-order chi connectivity index (χ0) is 9.23. The van der Waals surface area contributed by atoms with Gasteiger partial charge < -0.3 is 10.1 Å². The SMILES string of the molecule is C#CCCCC(CCOC)NC. The second-order valence-corrected chi connectivity index (χ2v) is 2.86. The Morgan fingerprint density at radius 2 is 2.25 bits per heavy atom. The summed E-state index contributed by atoms with van der Waals surface area (Å²) in [6.07, 6.45) is 9.35. The molecule has 0 saturated heterocycles. The largest absolute Gasteiger partial charge is 0.385 e. The van der Waals surface area contributed by atoms with E-state index < -0.39 is 0 Å². The van der Waals surface area contributed by atoms with Gasteiger partial charge in [-0.2, -0.15) is 0 Å². The van der Waals surface area contributed by atoms with Crippen molar-refractivity contribution in [1.82, 2.24) is 5.32 Å². The van der Waals surface area contributed by atoms with Crippen LogP contribution in [0.2, 0.25) is 0 Å². The van der Waals surface area contributed by atoms with Crippen molar-refractivity contribution in [2.45, 2.75) is 31.7 Å². The van der Waals surface area contributed by atoms with Crippen LogP contribution in [0.15, 0.2) is 0 Å². The Morgan fingerprint density at radius 3 is 2.75 bits per heavy atom. The smallest absolute Gasteiger partial charge is 0.0477 e. The molecule has 0 radical (unpaired) electrons. The Labute approximate surface area is 75.7 Å². The number of unbranched alkanes of at least 4 members (excludes halogenated alkanes) is 1. The highest BCUT2D eigenvalue weighted by Gasteiger charge is 2.03. The average Bonchev–Trinajstić information content (AvgIpc) is 2.11. The first kappa shape index (κ1) is 11.5. The maximum absolute atomic E-state index is 5.16. The van der Waals surface area contributed by atoms with Crippen LogP contribution in [0.5, 0.6) is 0 Å². The van der Waals surface area contributed by atoms with Gasteiger partial charge >= 0.3 is 0 Å². The Bertz CT molecular complexity index is 128. The fourth-order valence-corrected chi connectivity index (χ4v) is 1.14. The van der Waals surface area contributed by atoms with Gasteiger partial charge in [-0.1, -0.05) is 0 Å². The number of terminal acetylenes is 1. The van der Waals surface area contributed by atoms with Gasteiger partial charge in [-0.25, -0.2) is 0 Å². The molecule has 2 nitrogen and oxygen atoms in total. The monoisotopic (exact) mass is 169 g/mol. The van der Waals surface area contributed by atoms with Crippen LogP contribution in [0.3, 0.4) is 0 Å². The molecule has 0 aliphatic rings. The lowest BCUT2D eigenvalue weighted by atomic mass is 10.1. The zero-order valence-corrected chi connectivity index (χ0v) is 8.10. The van der Waals surface area contributed by atoms with E-state index in [1.807, 2.05) is 7.05 Å². The molecule has 2 heteroatoms. The van der Waals surface area contributed by atoms with Crippen LogP contribution in [0.25, 0.3) is 0 Å². The number of hydrogen-bond acceptors (Lipinski definition) is 2. The minimum absolute atomic E-state index is 0.554. The molecule has 0 amide bonds. The van der Waals surface area contributed by atoms with E-state index in [1.165, 1.54) is 0 Å². The van der Waals surface area contributed by atoms with Crippen molar-refractivity contribution in [3.63, 3.8) is 0 Å². The molecule has 0 aromatic heterocycles. The minimum atomic E-state index is 0.554. The summed E-state index contributed by atoms with van der Waals surface area (Å²) >= 11 is 0. The lowest BCUT2D eigenvalue weighted by molar-refractivity contribution is 0.182. The number of methoxy groups -OCH3 is 1. The van der Waals surface area contributed by atoms with Crippen LogP contribution in [0.4, 0.5) is 0 Å². The molecular weight excluding hydrogens is 150 g/mol. The quantitative estimate of drug-likeness (QED) is 0.459. The zero-order valence-electron chi connectivity index (χ0n) is 8.10. The molecule has 0 bridgehead atoms. The topological polar surface area (TPSA) is 21.3 Å². The predicted octanol–water partition coefficient (Wildman–Crippen LogP) is 1.41. The molecule has 0 heterocycles.